The second-order valence-corrected chi connectivity index (χ2v) is 7.01. The zero-order valence-corrected chi connectivity index (χ0v) is 14.9. The van der Waals surface area contributed by atoms with E-state index in [1.165, 1.54) is 5.69 Å². The maximum absolute atomic E-state index is 6.28. The van der Waals surface area contributed by atoms with Gasteiger partial charge in [-0.2, -0.15) is 5.10 Å². The summed E-state index contributed by atoms with van der Waals surface area (Å²) in [6.45, 7) is 4.34. The van der Waals surface area contributed by atoms with Gasteiger partial charge >= 0.3 is 0 Å². The maximum atomic E-state index is 6.28. The van der Waals surface area contributed by atoms with Crippen molar-refractivity contribution in [2.24, 2.45) is 0 Å². The molecule has 1 N–H and O–H groups in total. The van der Waals surface area contributed by atoms with E-state index in [-0.39, 0.29) is 0 Å². The highest BCUT2D eigenvalue weighted by Gasteiger charge is 2.22. The lowest BCUT2D eigenvalue weighted by molar-refractivity contribution is 0.204. The Labute approximate surface area is 152 Å². The third-order valence-electron chi connectivity index (χ3n) is 5.01. The lowest BCUT2D eigenvalue weighted by Crippen LogP contribution is -2.35. The lowest BCUT2D eigenvalue weighted by Gasteiger charge is -2.31. The SMILES string of the molecule is Clc1ccccc1-c1cc(C2CCN(CCn3ccnc3)CC2)[nH]n1. The molecular formula is C19H22ClN5. The van der Waals surface area contributed by atoms with Crippen molar-refractivity contribution in [1.29, 1.82) is 0 Å². The summed E-state index contributed by atoms with van der Waals surface area (Å²) in [4.78, 5) is 6.62. The van der Waals surface area contributed by atoms with Gasteiger partial charge in [-0.25, -0.2) is 4.98 Å². The van der Waals surface area contributed by atoms with E-state index in [0.717, 1.165) is 55.3 Å². The summed E-state index contributed by atoms with van der Waals surface area (Å²) in [6.07, 6.45) is 8.06. The van der Waals surface area contributed by atoms with Gasteiger partial charge in [0.25, 0.3) is 0 Å². The normalized spacial score (nSPS) is 16.4. The molecule has 0 unspecified atom stereocenters. The second kappa shape index (κ2) is 7.42. The number of hydrogen-bond acceptors (Lipinski definition) is 3. The van der Waals surface area contributed by atoms with Crippen LogP contribution in [-0.4, -0.2) is 44.3 Å². The molecule has 4 rings (SSSR count). The molecule has 2 aromatic heterocycles. The van der Waals surface area contributed by atoms with Crippen molar-refractivity contribution in [3.8, 4) is 11.3 Å². The molecule has 1 aromatic carbocycles. The van der Waals surface area contributed by atoms with Gasteiger partial charge in [0.15, 0.2) is 0 Å². The maximum Gasteiger partial charge on any atom is 0.0946 e. The van der Waals surface area contributed by atoms with Crippen molar-refractivity contribution < 1.29 is 0 Å². The standard InChI is InChI=1S/C19H22ClN5/c20-17-4-2-1-3-16(17)19-13-18(22-23-19)15-5-8-24(9-6-15)11-12-25-10-7-21-14-25/h1-4,7,10,13-15H,5-6,8-9,11-12H2,(H,22,23). The van der Waals surface area contributed by atoms with E-state index in [9.17, 15) is 0 Å². The molecule has 1 aliphatic heterocycles. The molecule has 3 heterocycles. The van der Waals surface area contributed by atoms with Crippen LogP contribution in [0.3, 0.4) is 0 Å². The van der Waals surface area contributed by atoms with E-state index in [0.29, 0.717) is 5.92 Å². The van der Waals surface area contributed by atoms with Crippen LogP contribution in [0, 0.1) is 0 Å². The minimum absolute atomic E-state index is 0.549. The van der Waals surface area contributed by atoms with Crippen LogP contribution in [-0.2, 0) is 6.54 Å². The molecule has 0 amide bonds. The van der Waals surface area contributed by atoms with Crippen LogP contribution in [0.15, 0.2) is 49.1 Å². The van der Waals surface area contributed by atoms with E-state index < -0.39 is 0 Å². The number of piperidine rings is 1. The van der Waals surface area contributed by atoms with Crippen LogP contribution in [0.25, 0.3) is 11.3 Å². The Bertz CT molecular complexity index is 803. The minimum atomic E-state index is 0.549. The molecule has 0 bridgehead atoms. The highest BCUT2D eigenvalue weighted by Crippen LogP contribution is 2.31. The van der Waals surface area contributed by atoms with Gasteiger partial charge in [-0.05, 0) is 38.1 Å². The largest absolute Gasteiger partial charge is 0.336 e. The smallest absolute Gasteiger partial charge is 0.0946 e. The molecular weight excluding hydrogens is 334 g/mol. The van der Waals surface area contributed by atoms with Crippen LogP contribution < -0.4 is 0 Å². The summed E-state index contributed by atoms with van der Waals surface area (Å²) in [6, 6.07) is 10.0. The number of rotatable bonds is 5. The fraction of sp³-hybridized carbons (Fsp3) is 0.368. The minimum Gasteiger partial charge on any atom is -0.336 e. The summed E-state index contributed by atoms with van der Waals surface area (Å²) >= 11 is 6.28. The molecule has 3 aromatic rings. The monoisotopic (exact) mass is 355 g/mol. The van der Waals surface area contributed by atoms with Crippen molar-refractivity contribution in [2.75, 3.05) is 19.6 Å². The van der Waals surface area contributed by atoms with Gasteiger partial charge in [-0.3, -0.25) is 5.10 Å². The molecule has 0 aliphatic carbocycles. The van der Waals surface area contributed by atoms with E-state index >= 15 is 0 Å². The first-order chi connectivity index (χ1) is 12.3. The molecule has 6 heteroatoms. The first-order valence-corrected chi connectivity index (χ1v) is 9.16. The zero-order chi connectivity index (χ0) is 17.1. The van der Waals surface area contributed by atoms with Crippen LogP contribution >= 0.6 is 11.6 Å². The van der Waals surface area contributed by atoms with E-state index in [1.54, 1.807) is 0 Å². The van der Waals surface area contributed by atoms with Crippen molar-refractivity contribution in [1.82, 2.24) is 24.6 Å². The zero-order valence-electron chi connectivity index (χ0n) is 14.1. The number of nitrogens with zero attached hydrogens (tertiary/aromatic N) is 4. The quantitative estimate of drug-likeness (QED) is 0.757. The molecule has 1 fully saturated rings. The average Bonchev–Trinajstić information content (AvgIpc) is 3.33. The van der Waals surface area contributed by atoms with Crippen LogP contribution in [0.5, 0.6) is 0 Å². The summed E-state index contributed by atoms with van der Waals surface area (Å²) < 4.78 is 2.14. The lowest BCUT2D eigenvalue weighted by atomic mass is 9.93. The molecule has 0 atom stereocenters. The number of likely N-dealkylation sites (tertiary alicyclic amines) is 1. The molecule has 130 valence electrons. The average molecular weight is 356 g/mol. The molecule has 25 heavy (non-hydrogen) atoms. The summed E-state index contributed by atoms with van der Waals surface area (Å²) in [7, 11) is 0. The molecule has 1 aliphatic rings. The van der Waals surface area contributed by atoms with E-state index in [1.807, 2.05) is 43.0 Å². The Kier molecular flexibility index (Phi) is 4.85. The van der Waals surface area contributed by atoms with Crippen molar-refractivity contribution >= 4 is 11.6 Å². The van der Waals surface area contributed by atoms with Crippen LogP contribution in [0.4, 0.5) is 0 Å². The highest BCUT2D eigenvalue weighted by atomic mass is 35.5. The second-order valence-electron chi connectivity index (χ2n) is 6.60. The summed E-state index contributed by atoms with van der Waals surface area (Å²) in [5.74, 6) is 0.549. The molecule has 0 spiro atoms. The van der Waals surface area contributed by atoms with Crippen molar-refractivity contribution in [2.45, 2.75) is 25.3 Å². The van der Waals surface area contributed by atoms with Crippen molar-refractivity contribution in [3.63, 3.8) is 0 Å². The molecule has 1 saturated heterocycles. The number of H-pyrrole nitrogens is 1. The van der Waals surface area contributed by atoms with Gasteiger partial charge < -0.3 is 9.47 Å². The van der Waals surface area contributed by atoms with Crippen LogP contribution in [0.2, 0.25) is 5.02 Å². The van der Waals surface area contributed by atoms with Crippen molar-refractivity contribution in [3.05, 3.63) is 59.8 Å². The van der Waals surface area contributed by atoms with Gasteiger partial charge in [-0.15, -0.1) is 0 Å². The van der Waals surface area contributed by atoms with E-state index in [4.69, 9.17) is 11.6 Å². The summed E-state index contributed by atoms with van der Waals surface area (Å²) in [5, 5.41) is 8.45. The number of nitrogens with one attached hydrogen (secondary N) is 1. The Morgan fingerprint density at radius 1 is 1.16 bits per heavy atom. The summed E-state index contributed by atoms with van der Waals surface area (Å²) in [5.41, 5.74) is 3.15. The van der Waals surface area contributed by atoms with Gasteiger partial charge in [0.05, 0.1) is 17.0 Å². The van der Waals surface area contributed by atoms with Gasteiger partial charge in [0, 0.05) is 42.7 Å². The van der Waals surface area contributed by atoms with Crippen LogP contribution in [0.1, 0.15) is 24.5 Å². The third-order valence-corrected chi connectivity index (χ3v) is 5.34. The molecule has 0 saturated carbocycles. The van der Waals surface area contributed by atoms with Gasteiger partial charge in [0.2, 0.25) is 0 Å². The number of benzene rings is 1. The Balaban J connectivity index is 1.34. The predicted octanol–water partition coefficient (Wildman–Crippen LogP) is 3.81. The number of hydrogen-bond donors (Lipinski definition) is 1. The fourth-order valence-corrected chi connectivity index (χ4v) is 3.73. The van der Waals surface area contributed by atoms with Gasteiger partial charge in [0.1, 0.15) is 0 Å². The van der Waals surface area contributed by atoms with E-state index in [2.05, 4.69) is 30.7 Å². The Morgan fingerprint density at radius 3 is 2.76 bits per heavy atom. The predicted molar refractivity (Wildman–Crippen MR) is 99.7 cm³/mol. The topological polar surface area (TPSA) is 49.7 Å². The first kappa shape index (κ1) is 16.4. The number of imidazole rings is 1. The number of halogens is 1. The fourth-order valence-electron chi connectivity index (χ4n) is 3.50. The Hall–Kier alpha value is -2.11. The first-order valence-electron chi connectivity index (χ1n) is 8.78. The third kappa shape index (κ3) is 3.78. The number of aromatic nitrogens is 4. The van der Waals surface area contributed by atoms with Gasteiger partial charge in [-0.1, -0.05) is 29.8 Å². The number of aromatic amines is 1. The molecule has 5 nitrogen and oxygen atoms in total. The Morgan fingerprint density at radius 2 is 2.00 bits per heavy atom. The molecule has 0 radical (unpaired) electrons. The highest BCUT2D eigenvalue weighted by molar-refractivity contribution is 6.33.